The van der Waals surface area contributed by atoms with Gasteiger partial charge in [0, 0.05) is 11.9 Å². The molecule has 0 bridgehead atoms. The summed E-state index contributed by atoms with van der Waals surface area (Å²) in [6.45, 7) is 1.34. The predicted molar refractivity (Wildman–Crippen MR) is 73.8 cm³/mol. The van der Waals surface area contributed by atoms with Gasteiger partial charge in [-0.15, -0.1) is 0 Å². The van der Waals surface area contributed by atoms with E-state index < -0.39 is 5.97 Å². The molecule has 2 N–H and O–H groups in total. The van der Waals surface area contributed by atoms with Crippen molar-refractivity contribution in [2.45, 2.75) is 6.92 Å². The van der Waals surface area contributed by atoms with E-state index in [2.05, 4.69) is 10.3 Å². The SMILES string of the molecule is CC(=O)Nc1nc(C(=O)O)c(-c2ccc(Cl)cc2)s1. The molecule has 1 heterocycles. The maximum atomic E-state index is 11.2. The van der Waals surface area contributed by atoms with E-state index in [1.807, 2.05) is 0 Å². The molecule has 19 heavy (non-hydrogen) atoms. The third-order valence-corrected chi connectivity index (χ3v) is 3.49. The molecule has 1 amide bonds. The smallest absolute Gasteiger partial charge is 0.356 e. The first-order valence-electron chi connectivity index (χ1n) is 5.25. The van der Waals surface area contributed by atoms with Crippen molar-refractivity contribution in [2.75, 3.05) is 5.32 Å². The molecule has 0 fully saturated rings. The summed E-state index contributed by atoms with van der Waals surface area (Å²) in [6.07, 6.45) is 0. The molecule has 0 atom stereocenters. The van der Waals surface area contributed by atoms with Gasteiger partial charge in [0.2, 0.25) is 5.91 Å². The number of benzene rings is 1. The molecule has 0 saturated carbocycles. The van der Waals surface area contributed by atoms with Crippen LogP contribution in [0.4, 0.5) is 5.13 Å². The van der Waals surface area contributed by atoms with E-state index in [0.29, 0.717) is 15.5 Å². The molecular weight excluding hydrogens is 288 g/mol. The lowest BCUT2D eigenvalue weighted by Crippen LogP contribution is -2.06. The van der Waals surface area contributed by atoms with Gasteiger partial charge in [0.25, 0.3) is 0 Å². The number of nitrogens with zero attached hydrogens (tertiary/aromatic N) is 1. The lowest BCUT2D eigenvalue weighted by atomic mass is 10.1. The minimum Gasteiger partial charge on any atom is -0.476 e. The van der Waals surface area contributed by atoms with Gasteiger partial charge in [0.15, 0.2) is 10.8 Å². The monoisotopic (exact) mass is 296 g/mol. The van der Waals surface area contributed by atoms with Gasteiger partial charge in [-0.25, -0.2) is 9.78 Å². The average molecular weight is 297 g/mol. The number of carboxylic acid groups (broad SMARTS) is 1. The zero-order chi connectivity index (χ0) is 14.0. The minimum absolute atomic E-state index is 0.0870. The van der Waals surface area contributed by atoms with E-state index in [9.17, 15) is 9.59 Å². The molecule has 0 saturated heterocycles. The first-order chi connectivity index (χ1) is 8.97. The van der Waals surface area contributed by atoms with Crippen LogP contribution in [0.2, 0.25) is 5.02 Å². The summed E-state index contributed by atoms with van der Waals surface area (Å²) in [7, 11) is 0. The largest absolute Gasteiger partial charge is 0.476 e. The van der Waals surface area contributed by atoms with Crippen molar-refractivity contribution in [3.63, 3.8) is 0 Å². The quantitative estimate of drug-likeness (QED) is 0.912. The molecule has 0 aliphatic rings. The number of thiazole rings is 1. The first kappa shape index (κ1) is 13.5. The molecule has 0 unspecified atom stereocenters. The van der Waals surface area contributed by atoms with Crippen molar-refractivity contribution in [2.24, 2.45) is 0 Å². The van der Waals surface area contributed by atoms with Crippen LogP contribution in [0.3, 0.4) is 0 Å². The number of nitrogens with one attached hydrogen (secondary N) is 1. The molecule has 0 radical (unpaired) electrons. The molecule has 1 aromatic heterocycles. The van der Waals surface area contributed by atoms with E-state index in [-0.39, 0.29) is 16.7 Å². The van der Waals surface area contributed by atoms with Gasteiger partial charge in [-0.2, -0.15) is 0 Å². The Balaban J connectivity index is 2.48. The molecular formula is C12H9ClN2O3S. The number of carboxylic acids is 1. The molecule has 2 aromatic rings. The highest BCUT2D eigenvalue weighted by molar-refractivity contribution is 7.19. The van der Waals surface area contributed by atoms with Gasteiger partial charge in [-0.05, 0) is 17.7 Å². The second kappa shape index (κ2) is 5.38. The Morgan fingerprint density at radius 3 is 2.47 bits per heavy atom. The van der Waals surface area contributed by atoms with Crippen molar-refractivity contribution in [1.29, 1.82) is 0 Å². The van der Waals surface area contributed by atoms with E-state index in [1.165, 1.54) is 6.92 Å². The van der Waals surface area contributed by atoms with E-state index in [1.54, 1.807) is 24.3 Å². The molecule has 2 rings (SSSR count). The van der Waals surface area contributed by atoms with E-state index >= 15 is 0 Å². The number of anilines is 1. The molecule has 1 aromatic carbocycles. The second-order valence-electron chi connectivity index (χ2n) is 3.69. The van der Waals surface area contributed by atoms with Crippen molar-refractivity contribution in [1.82, 2.24) is 4.98 Å². The summed E-state index contributed by atoms with van der Waals surface area (Å²) < 4.78 is 0. The normalized spacial score (nSPS) is 10.2. The zero-order valence-corrected chi connectivity index (χ0v) is 11.4. The number of aromatic nitrogens is 1. The summed E-state index contributed by atoms with van der Waals surface area (Å²) in [4.78, 5) is 26.5. The third-order valence-electron chi connectivity index (χ3n) is 2.22. The lowest BCUT2D eigenvalue weighted by molar-refractivity contribution is -0.114. The van der Waals surface area contributed by atoms with Gasteiger partial charge >= 0.3 is 5.97 Å². The van der Waals surface area contributed by atoms with E-state index in [0.717, 1.165) is 11.3 Å². The van der Waals surface area contributed by atoms with E-state index in [4.69, 9.17) is 16.7 Å². The maximum Gasteiger partial charge on any atom is 0.356 e. The molecule has 0 aliphatic carbocycles. The van der Waals surface area contributed by atoms with Crippen LogP contribution in [0.1, 0.15) is 17.4 Å². The van der Waals surface area contributed by atoms with Crippen molar-refractivity contribution in [3.05, 3.63) is 35.0 Å². The molecule has 7 heteroatoms. The zero-order valence-electron chi connectivity index (χ0n) is 9.81. The first-order valence-corrected chi connectivity index (χ1v) is 6.44. The van der Waals surface area contributed by atoms with Gasteiger partial charge in [-0.3, -0.25) is 4.79 Å². The van der Waals surface area contributed by atoms with Crippen LogP contribution in [0, 0.1) is 0 Å². The van der Waals surface area contributed by atoms with Crippen molar-refractivity contribution >= 4 is 39.9 Å². The molecule has 0 aliphatic heterocycles. The van der Waals surface area contributed by atoms with Crippen LogP contribution in [0.25, 0.3) is 10.4 Å². The predicted octanol–water partition coefficient (Wildman–Crippen LogP) is 3.12. The van der Waals surface area contributed by atoms with Crippen molar-refractivity contribution in [3.8, 4) is 10.4 Å². The number of halogens is 1. The number of carbonyl (C=O) groups is 2. The maximum absolute atomic E-state index is 11.2. The summed E-state index contributed by atoms with van der Waals surface area (Å²) in [5.41, 5.74) is 0.604. The molecule has 98 valence electrons. The van der Waals surface area contributed by atoms with Gasteiger partial charge in [-0.1, -0.05) is 35.1 Å². The summed E-state index contributed by atoms with van der Waals surface area (Å²) in [5.74, 6) is -1.44. The fraction of sp³-hybridized carbons (Fsp3) is 0.0833. The highest BCUT2D eigenvalue weighted by Gasteiger charge is 2.19. The Morgan fingerprint density at radius 2 is 1.95 bits per heavy atom. The number of carbonyl (C=O) groups excluding carboxylic acids is 1. The van der Waals surface area contributed by atoms with Crippen LogP contribution in [-0.4, -0.2) is 22.0 Å². The number of amides is 1. The molecule has 0 spiro atoms. The Kier molecular flexibility index (Phi) is 3.82. The number of rotatable bonds is 3. The summed E-state index contributed by atoms with van der Waals surface area (Å²) in [6, 6.07) is 6.75. The van der Waals surface area contributed by atoms with Crippen LogP contribution in [0.15, 0.2) is 24.3 Å². The number of hydrogen-bond acceptors (Lipinski definition) is 4. The second-order valence-corrected chi connectivity index (χ2v) is 5.13. The number of aromatic carboxylic acids is 1. The summed E-state index contributed by atoms with van der Waals surface area (Å²) in [5, 5.41) is 12.4. The lowest BCUT2D eigenvalue weighted by Gasteiger charge is -1.98. The van der Waals surface area contributed by atoms with Crippen LogP contribution < -0.4 is 5.32 Å². The average Bonchev–Trinajstić information content (AvgIpc) is 2.73. The van der Waals surface area contributed by atoms with Gasteiger partial charge in [0.05, 0.1) is 4.88 Å². The topological polar surface area (TPSA) is 79.3 Å². The molecule has 5 nitrogen and oxygen atoms in total. The highest BCUT2D eigenvalue weighted by atomic mass is 35.5. The van der Waals surface area contributed by atoms with Crippen LogP contribution >= 0.6 is 22.9 Å². The van der Waals surface area contributed by atoms with Gasteiger partial charge in [0.1, 0.15) is 0 Å². The Bertz CT molecular complexity index is 637. The fourth-order valence-electron chi connectivity index (χ4n) is 1.47. The van der Waals surface area contributed by atoms with Crippen molar-refractivity contribution < 1.29 is 14.7 Å². The minimum atomic E-state index is -1.14. The van der Waals surface area contributed by atoms with Crippen LogP contribution in [-0.2, 0) is 4.79 Å². The van der Waals surface area contributed by atoms with Crippen LogP contribution in [0.5, 0.6) is 0 Å². The fourth-order valence-corrected chi connectivity index (χ4v) is 2.60. The Morgan fingerprint density at radius 1 is 1.32 bits per heavy atom. The number of hydrogen-bond donors (Lipinski definition) is 2. The Hall–Kier alpha value is -1.92. The standard InChI is InChI=1S/C12H9ClN2O3S/c1-6(16)14-12-15-9(11(17)18)10(19-12)7-2-4-8(13)5-3-7/h2-5H,1H3,(H,17,18)(H,14,15,16). The Labute approximate surface area is 117 Å². The van der Waals surface area contributed by atoms with Gasteiger partial charge < -0.3 is 10.4 Å². The summed E-state index contributed by atoms with van der Waals surface area (Å²) >= 11 is 6.90. The third kappa shape index (κ3) is 3.10. The highest BCUT2D eigenvalue weighted by Crippen LogP contribution is 2.33.